The average Bonchev–Trinajstić information content (AvgIpc) is 2.93. The third-order valence-corrected chi connectivity index (χ3v) is 3.66. The zero-order valence-corrected chi connectivity index (χ0v) is 12.0. The monoisotopic (exact) mass is 292 g/mol. The summed E-state index contributed by atoms with van der Waals surface area (Å²) in [6.45, 7) is 3.41. The van der Waals surface area contributed by atoms with Crippen LogP contribution in [0.3, 0.4) is 0 Å². The molecule has 1 heterocycles. The van der Waals surface area contributed by atoms with Gasteiger partial charge in [-0.2, -0.15) is 0 Å². The number of anilines is 1. The van der Waals surface area contributed by atoms with Gasteiger partial charge < -0.3 is 20.5 Å². The summed E-state index contributed by atoms with van der Waals surface area (Å²) < 4.78 is 5.57. The molecule has 0 radical (unpaired) electrons. The van der Waals surface area contributed by atoms with Crippen LogP contribution in [0.1, 0.15) is 30.1 Å². The Morgan fingerprint density at radius 3 is 2.67 bits per heavy atom. The minimum atomic E-state index is -0.988. The van der Waals surface area contributed by atoms with Gasteiger partial charge in [0.2, 0.25) is 0 Å². The van der Waals surface area contributed by atoms with Gasteiger partial charge in [0.25, 0.3) is 0 Å². The van der Waals surface area contributed by atoms with Crippen LogP contribution in [-0.4, -0.2) is 36.4 Å². The Morgan fingerprint density at radius 1 is 1.33 bits per heavy atom. The summed E-state index contributed by atoms with van der Waals surface area (Å²) in [6.07, 6.45) is 2.14. The first kappa shape index (κ1) is 15.3. The number of nitrogens with one attached hydrogen (secondary N) is 2. The van der Waals surface area contributed by atoms with Crippen LogP contribution < -0.4 is 10.6 Å². The summed E-state index contributed by atoms with van der Waals surface area (Å²) in [5, 5.41) is 14.3. The van der Waals surface area contributed by atoms with Gasteiger partial charge >= 0.3 is 12.0 Å². The highest BCUT2D eigenvalue weighted by Crippen LogP contribution is 2.22. The Kier molecular flexibility index (Phi) is 5.16. The van der Waals surface area contributed by atoms with Gasteiger partial charge in [0.15, 0.2) is 0 Å². The van der Waals surface area contributed by atoms with Crippen molar-refractivity contribution in [2.24, 2.45) is 5.92 Å². The third kappa shape index (κ3) is 4.19. The van der Waals surface area contributed by atoms with E-state index in [1.807, 2.05) is 0 Å². The Balaban J connectivity index is 1.80. The van der Waals surface area contributed by atoms with E-state index in [1.54, 1.807) is 12.1 Å². The van der Waals surface area contributed by atoms with Gasteiger partial charge in [-0.05, 0) is 37.1 Å². The molecule has 2 unspecified atom stereocenters. The van der Waals surface area contributed by atoms with Gasteiger partial charge in [-0.3, -0.25) is 0 Å². The van der Waals surface area contributed by atoms with E-state index in [2.05, 4.69) is 17.6 Å². The number of ether oxygens (including phenoxy) is 1. The van der Waals surface area contributed by atoms with E-state index in [0.29, 0.717) is 18.2 Å². The molecule has 1 saturated heterocycles. The van der Waals surface area contributed by atoms with E-state index in [-0.39, 0.29) is 17.7 Å². The van der Waals surface area contributed by atoms with Gasteiger partial charge in [-0.25, -0.2) is 9.59 Å². The molecule has 2 atom stereocenters. The fourth-order valence-corrected chi connectivity index (χ4v) is 2.47. The van der Waals surface area contributed by atoms with Gasteiger partial charge in [-0.1, -0.05) is 6.92 Å². The first-order valence-electron chi connectivity index (χ1n) is 7.10. The Bertz CT molecular complexity index is 501. The summed E-state index contributed by atoms with van der Waals surface area (Å²) in [4.78, 5) is 22.5. The molecule has 0 spiro atoms. The number of carbonyl (C=O) groups is 2. The molecule has 0 bridgehead atoms. The molecule has 0 saturated carbocycles. The second kappa shape index (κ2) is 7.08. The summed E-state index contributed by atoms with van der Waals surface area (Å²) in [7, 11) is 0. The van der Waals surface area contributed by atoms with Gasteiger partial charge in [0.05, 0.1) is 11.7 Å². The Hall–Kier alpha value is -2.08. The van der Waals surface area contributed by atoms with Crippen LogP contribution in [0.5, 0.6) is 0 Å². The fraction of sp³-hybridized carbons (Fsp3) is 0.467. The smallest absolute Gasteiger partial charge is 0.335 e. The summed E-state index contributed by atoms with van der Waals surface area (Å²) in [5.41, 5.74) is 0.752. The number of aromatic carboxylic acids is 1. The van der Waals surface area contributed by atoms with Gasteiger partial charge in [-0.15, -0.1) is 0 Å². The van der Waals surface area contributed by atoms with Gasteiger partial charge in [0.1, 0.15) is 0 Å². The van der Waals surface area contributed by atoms with E-state index in [9.17, 15) is 9.59 Å². The van der Waals surface area contributed by atoms with Crippen LogP contribution in [0.25, 0.3) is 0 Å². The van der Waals surface area contributed by atoms with Crippen LogP contribution in [0.2, 0.25) is 0 Å². The number of benzene rings is 1. The molecule has 1 aromatic rings. The van der Waals surface area contributed by atoms with Crippen LogP contribution in [0, 0.1) is 5.92 Å². The van der Waals surface area contributed by atoms with Crippen molar-refractivity contribution >= 4 is 17.7 Å². The minimum Gasteiger partial charge on any atom is -0.478 e. The highest BCUT2D eigenvalue weighted by Gasteiger charge is 2.26. The number of rotatable bonds is 5. The first-order valence-corrected chi connectivity index (χ1v) is 7.10. The largest absolute Gasteiger partial charge is 0.478 e. The number of carbonyl (C=O) groups excluding carboxylic acids is 1. The average molecular weight is 292 g/mol. The van der Waals surface area contributed by atoms with Crippen molar-refractivity contribution < 1.29 is 19.4 Å². The highest BCUT2D eigenvalue weighted by molar-refractivity contribution is 5.91. The summed E-state index contributed by atoms with van der Waals surface area (Å²) in [6, 6.07) is 5.75. The minimum absolute atomic E-state index is 0.190. The third-order valence-electron chi connectivity index (χ3n) is 3.66. The standard InChI is InChI=1S/C15H20N2O4/c1-2-13-11(7-8-21-13)9-16-15(20)17-12-5-3-10(4-6-12)14(18)19/h3-6,11,13H,2,7-9H2,1H3,(H,18,19)(H2,16,17,20). The molecule has 2 rings (SSSR count). The normalized spacial score (nSPS) is 21.0. The SMILES string of the molecule is CCC1OCCC1CNC(=O)Nc1ccc(C(=O)O)cc1. The molecular formula is C15H20N2O4. The van der Waals surface area contributed by atoms with Crippen molar-refractivity contribution in [3.8, 4) is 0 Å². The molecule has 1 aliphatic heterocycles. The molecule has 21 heavy (non-hydrogen) atoms. The molecule has 1 fully saturated rings. The van der Waals surface area contributed by atoms with Crippen molar-refractivity contribution in [3.63, 3.8) is 0 Å². The first-order chi connectivity index (χ1) is 10.1. The number of urea groups is 1. The number of hydrogen-bond donors (Lipinski definition) is 3. The fourth-order valence-electron chi connectivity index (χ4n) is 2.47. The molecule has 0 aliphatic carbocycles. The van der Waals surface area contributed by atoms with E-state index >= 15 is 0 Å². The van der Waals surface area contributed by atoms with Crippen molar-refractivity contribution in [1.82, 2.24) is 5.32 Å². The van der Waals surface area contributed by atoms with Crippen molar-refractivity contribution in [2.75, 3.05) is 18.5 Å². The molecule has 6 nitrogen and oxygen atoms in total. The maximum Gasteiger partial charge on any atom is 0.335 e. The number of amides is 2. The second-order valence-electron chi connectivity index (χ2n) is 5.08. The molecule has 2 amide bonds. The van der Waals surface area contributed by atoms with Crippen molar-refractivity contribution in [2.45, 2.75) is 25.9 Å². The number of carboxylic acid groups (broad SMARTS) is 1. The summed E-state index contributed by atoms with van der Waals surface area (Å²) >= 11 is 0. The molecular weight excluding hydrogens is 272 g/mol. The van der Waals surface area contributed by atoms with E-state index in [4.69, 9.17) is 9.84 Å². The highest BCUT2D eigenvalue weighted by atomic mass is 16.5. The lowest BCUT2D eigenvalue weighted by Gasteiger charge is -2.17. The molecule has 6 heteroatoms. The molecule has 1 aliphatic rings. The lowest BCUT2D eigenvalue weighted by molar-refractivity contribution is 0.0697. The maximum atomic E-state index is 11.8. The molecule has 1 aromatic carbocycles. The van der Waals surface area contributed by atoms with Crippen molar-refractivity contribution in [1.29, 1.82) is 0 Å². The lowest BCUT2D eigenvalue weighted by atomic mass is 10.00. The van der Waals surface area contributed by atoms with Crippen LogP contribution >= 0.6 is 0 Å². The number of hydrogen-bond acceptors (Lipinski definition) is 3. The van der Waals surface area contributed by atoms with E-state index < -0.39 is 5.97 Å². The van der Waals surface area contributed by atoms with Crippen LogP contribution in [0.4, 0.5) is 10.5 Å². The van der Waals surface area contributed by atoms with Crippen LogP contribution in [0.15, 0.2) is 24.3 Å². The van der Waals surface area contributed by atoms with Gasteiger partial charge in [0, 0.05) is 24.8 Å². The number of carboxylic acids is 1. The predicted octanol–water partition coefficient (Wildman–Crippen LogP) is 2.32. The lowest BCUT2D eigenvalue weighted by Crippen LogP contribution is -2.35. The van der Waals surface area contributed by atoms with E-state index in [0.717, 1.165) is 19.4 Å². The maximum absolute atomic E-state index is 11.8. The summed E-state index contributed by atoms with van der Waals surface area (Å²) in [5.74, 6) is -0.632. The van der Waals surface area contributed by atoms with Crippen LogP contribution in [-0.2, 0) is 4.74 Å². The second-order valence-corrected chi connectivity index (χ2v) is 5.08. The quantitative estimate of drug-likeness (QED) is 0.777. The zero-order valence-electron chi connectivity index (χ0n) is 12.0. The Morgan fingerprint density at radius 2 is 2.05 bits per heavy atom. The molecule has 114 valence electrons. The molecule has 0 aromatic heterocycles. The zero-order chi connectivity index (χ0) is 15.2. The van der Waals surface area contributed by atoms with E-state index in [1.165, 1.54) is 12.1 Å². The Labute approximate surface area is 123 Å². The predicted molar refractivity (Wildman–Crippen MR) is 78.6 cm³/mol. The topological polar surface area (TPSA) is 87.7 Å². The molecule has 3 N–H and O–H groups in total. The van der Waals surface area contributed by atoms with Crippen molar-refractivity contribution in [3.05, 3.63) is 29.8 Å².